The van der Waals surface area contributed by atoms with Gasteiger partial charge in [0.1, 0.15) is 6.10 Å². The van der Waals surface area contributed by atoms with Gasteiger partial charge < -0.3 is 14.4 Å². The molecule has 2 aliphatic rings. The highest BCUT2D eigenvalue weighted by molar-refractivity contribution is 6.30. The van der Waals surface area contributed by atoms with Gasteiger partial charge in [-0.25, -0.2) is 0 Å². The fourth-order valence-electron chi connectivity index (χ4n) is 3.47. The Balaban J connectivity index is 1.70. The molecule has 0 aromatic heterocycles. The summed E-state index contributed by atoms with van der Waals surface area (Å²) in [5, 5.41) is 0.689. The molecule has 2 fully saturated rings. The molecule has 2 saturated heterocycles. The summed E-state index contributed by atoms with van der Waals surface area (Å²) < 4.78 is 11.8. The van der Waals surface area contributed by atoms with Crippen molar-refractivity contribution in [2.75, 3.05) is 19.8 Å². The molecule has 0 bridgehead atoms. The lowest BCUT2D eigenvalue weighted by Crippen LogP contribution is -2.56. The van der Waals surface area contributed by atoms with Crippen molar-refractivity contribution in [1.82, 2.24) is 4.90 Å². The molecular formula is C19H26ClNO3. The van der Waals surface area contributed by atoms with E-state index >= 15 is 0 Å². The number of carbonyl (C=O) groups excluding carboxylic acids is 1. The molecule has 0 N–H and O–H groups in total. The van der Waals surface area contributed by atoms with E-state index in [2.05, 4.69) is 13.8 Å². The van der Waals surface area contributed by atoms with Gasteiger partial charge in [0.15, 0.2) is 0 Å². The lowest BCUT2D eigenvalue weighted by Gasteiger charge is -2.46. The van der Waals surface area contributed by atoms with Crippen molar-refractivity contribution >= 4 is 17.5 Å². The van der Waals surface area contributed by atoms with E-state index in [1.807, 2.05) is 29.2 Å². The number of ether oxygens (including phenoxy) is 2. The van der Waals surface area contributed by atoms with Crippen LogP contribution in [-0.2, 0) is 14.3 Å². The number of halogens is 1. The summed E-state index contributed by atoms with van der Waals surface area (Å²) >= 11 is 6.10. The molecule has 3 rings (SSSR count). The summed E-state index contributed by atoms with van der Waals surface area (Å²) in [7, 11) is 0. The normalized spacial score (nSPS) is 27.0. The minimum Gasteiger partial charge on any atom is -0.378 e. The second-order valence-corrected chi connectivity index (χ2v) is 7.80. The van der Waals surface area contributed by atoms with Crippen molar-refractivity contribution in [2.45, 2.75) is 57.3 Å². The summed E-state index contributed by atoms with van der Waals surface area (Å²) in [6.07, 6.45) is 3.63. The second-order valence-electron chi connectivity index (χ2n) is 7.36. The Hall–Kier alpha value is -1.10. The predicted molar refractivity (Wildman–Crippen MR) is 94.1 cm³/mol. The van der Waals surface area contributed by atoms with E-state index in [1.165, 1.54) is 0 Å². The van der Waals surface area contributed by atoms with Crippen LogP contribution in [0.5, 0.6) is 0 Å². The predicted octanol–water partition coefficient (Wildman–Crippen LogP) is 3.98. The molecule has 0 aliphatic carbocycles. The van der Waals surface area contributed by atoms with Crippen LogP contribution < -0.4 is 0 Å². The molecule has 1 aromatic carbocycles. The molecule has 2 heterocycles. The summed E-state index contributed by atoms with van der Waals surface area (Å²) in [4.78, 5) is 14.8. The maximum absolute atomic E-state index is 12.9. The van der Waals surface area contributed by atoms with Gasteiger partial charge in [0, 0.05) is 11.6 Å². The molecule has 0 spiro atoms. The van der Waals surface area contributed by atoms with Gasteiger partial charge in [-0.2, -0.15) is 0 Å². The van der Waals surface area contributed by atoms with Crippen LogP contribution >= 0.6 is 11.6 Å². The van der Waals surface area contributed by atoms with Crippen molar-refractivity contribution in [1.29, 1.82) is 0 Å². The van der Waals surface area contributed by atoms with Crippen molar-refractivity contribution in [3.05, 3.63) is 34.9 Å². The number of morpholine rings is 1. The quantitative estimate of drug-likeness (QED) is 0.826. The van der Waals surface area contributed by atoms with E-state index in [4.69, 9.17) is 21.1 Å². The fraction of sp³-hybridized carbons (Fsp3) is 0.632. The highest BCUT2D eigenvalue weighted by Gasteiger charge is 2.39. The van der Waals surface area contributed by atoms with Crippen molar-refractivity contribution in [3.8, 4) is 0 Å². The topological polar surface area (TPSA) is 38.8 Å². The van der Waals surface area contributed by atoms with E-state index in [-0.39, 0.29) is 23.7 Å². The van der Waals surface area contributed by atoms with Gasteiger partial charge in [-0.15, -0.1) is 0 Å². The van der Waals surface area contributed by atoms with Crippen LogP contribution in [0.2, 0.25) is 5.02 Å². The molecular weight excluding hydrogens is 326 g/mol. The van der Waals surface area contributed by atoms with E-state index in [0.717, 1.165) is 31.4 Å². The van der Waals surface area contributed by atoms with Gasteiger partial charge in [-0.3, -0.25) is 4.79 Å². The molecule has 0 radical (unpaired) electrons. The molecule has 1 aromatic rings. The number of hydrogen-bond donors (Lipinski definition) is 0. The number of benzene rings is 1. The molecule has 2 unspecified atom stereocenters. The van der Waals surface area contributed by atoms with Crippen molar-refractivity contribution in [3.63, 3.8) is 0 Å². The number of hydrogen-bond acceptors (Lipinski definition) is 3. The summed E-state index contributed by atoms with van der Waals surface area (Å²) in [6, 6.07) is 7.68. The first-order valence-corrected chi connectivity index (χ1v) is 9.13. The van der Waals surface area contributed by atoms with Gasteiger partial charge >= 0.3 is 0 Å². The maximum atomic E-state index is 12.9. The Morgan fingerprint density at radius 2 is 2.17 bits per heavy atom. The molecule has 2 aliphatic heterocycles. The Morgan fingerprint density at radius 1 is 1.33 bits per heavy atom. The molecule has 24 heavy (non-hydrogen) atoms. The first-order chi connectivity index (χ1) is 11.5. The second kappa shape index (κ2) is 7.42. The van der Waals surface area contributed by atoms with Gasteiger partial charge in [-0.05, 0) is 50.8 Å². The summed E-state index contributed by atoms with van der Waals surface area (Å²) in [6.45, 7) is 5.96. The standard InChI is InChI=1S/C19H26ClNO3/c1-19(2)13-24-17(14-6-5-7-15(20)10-14)12-21(19)18(22)11-16-8-3-4-9-23-16/h5-7,10,16-17H,3-4,8-9,11-13H2,1-2H3. The minimum absolute atomic E-state index is 0.0644. The Labute approximate surface area is 149 Å². The van der Waals surface area contributed by atoms with Crippen molar-refractivity contribution < 1.29 is 14.3 Å². The number of carbonyl (C=O) groups is 1. The molecule has 0 saturated carbocycles. The van der Waals surface area contributed by atoms with Crippen LogP contribution in [0.25, 0.3) is 0 Å². The van der Waals surface area contributed by atoms with Gasteiger partial charge in [-0.1, -0.05) is 23.7 Å². The average molecular weight is 352 g/mol. The van der Waals surface area contributed by atoms with Crippen LogP contribution in [0, 0.1) is 0 Å². The van der Waals surface area contributed by atoms with Crippen LogP contribution in [0.3, 0.4) is 0 Å². The summed E-state index contributed by atoms with van der Waals surface area (Å²) in [5.41, 5.74) is 0.714. The number of rotatable bonds is 3. The van der Waals surface area contributed by atoms with E-state index in [9.17, 15) is 4.79 Å². The lowest BCUT2D eigenvalue weighted by atomic mass is 9.96. The highest BCUT2D eigenvalue weighted by atomic mass is 35.5. The van der Waals surface area contributed by atoms with Crippen LogP contribution in [0.1, 0.15) is 51.2 Å². The van der Waals surface area contributed by atoms with E-state index in [1.54, 1.807) is 0 Å². The number of amides is 1. The zero-order valence-corrected chi connectivity index (χ0v) is 15.2. The lowest BCUT2D eigenvalue weighted by molar-refractivity contribution is -0.158. The van der Waals surface area contributed by atoms with E-state index < -0.39 is 0 Å². The van der Waals surface area contributed by atoms with E-state index in [0.29, 0.717) is 24.6 Å². The third kappa shape index (κ3) is 4.11. The maximum Gasteiger partial charge on any atom is 0.225 e. The van der Waals surface area contributed by atoms with Crippen LogP contribution in [0.15, 0.2) is 24.3 Å². The molecule has 1 amide bonds. The largest absolute Gasteiger partial charge is 0.378 e. The number of nitrogens with zero attached hydrogens (tertiary/aromatic N) is 1. The average Bonchev–Trinajstić information content (AvgIpc) is 2.55. The zero-order chi connectivity index (χ0) is 17.2. The minimum atomic E-state index is -0.305. The SMILES string of the molecule is CC1(C)COC(c2cccc(Cl)c2)CN1C(=O)CC1CCCCO1. The van der Waals surface area contributed by atoms with Gasteiger partial charge in [0.2, 0.25) is 5.91 Å². The zero-order valence-electron chi connectivity index (χ0n) is 14.5. The Bertz CT molecular complexity index is 584. The molecule has 5 heteroatoms. The first-order valence-electron chi connectivity index (χ1n) is 8.75. The smallest absolute Gasteiger partial charge is 0.225 e. The molecule has 4 nitrogen and oxygen atoms in total. The first kappa shape index (κ1) is 17.7. The molecule has 132 valence electrons. The third-order valence-corrected chi connectivity index (χ3v) is 5.15. The summed E-state index contributed by atoms with van der Waals surface area (Å²) in [5.74, 6) is 0.155. The third-order valence-electron chi connectivity index (χ3n) is 4.91. The van der Waals surface area contributed by atoms with Crippen LogP contribution in [-0.4, -0.2) is 42.2 Å². The Kier molecular flexibility index (Phi) is 5.48. The highest BCUT2D eigenvalue weighted by Crippen LogP contribution is 2.32. The molecule has 2 atom stereocenters. The van der Waals surface area contributed by atoms with Crippen molar-refractivity contribution in [2.24, 2.45) is 0 Å². The van der Waals surface area contributed by atoms with Gasteiger partial charge in [0.25, 0.3) is 0 Å². The fourth-order valence-corrected chi connectivity index (χ4v) is 3.67. The van der Waals surface area contributed by atoms with Crippen LogP contribution in [0.4, 0.5) is 0 Å². The van der Waals surface area contributed by atoms with Gasteiger partial charge in [0.05, 0.1) is 31.2 Å². The monoisotopic (exact) mass is 351 g/mol. The Morgan fingerprint density at radius 3 is 2.88 bits per heavy atom.